The zero-order valence-corrected chi connectivity index (χ0v) is 11.6. The maximum absolute atomic E-state index is 13.1. The number of nitrogens with zero attached hydrogens (tertiary/aromatic N) is 1. The average Bonchev–Trinajstić information content (AvgIpc) is 2.75. The fourth-order valence-electron chi connectivity index (χ4n) is 2.05. The summed E-state index contributed by atoms with van der Waals surface area (Å²) in [6.07, 6.45) is -1.24. The van der Waals surface area contributed by atoms with Crippen molar-refractivity contribution in [2.75, 3.05) is 6.54 Å². The van der Waals surface area contributed by atoms with Crippen LogP contribution < -0.4 is 0 Å². The summed E-state index contributed by atoms with van der Waals surface area (Å²) in [4.78, 5) is 10.7. The van der Waals surface area contributed by atoms with E-state index in [9.17, 15) is 22.7 Å². The van der Waals surface area contributed by atoms with Crippen LogP contribution in [0.15, 0.2) is 23.1 Å². The molecule has 9 heteroatoms. The Kier molecular flexibility index (Phi) is 4.01. The normalized spacial score (nSPS) is 23.9. The van der Waals surface area contributed by atoms with Gasteiger partial charge in [0.2, 0.25) is 10.0 Å². The molecule has 1 heterocycles. The van der Waals surface area contributed by atoms with E-state index < -0.39 is 34.0 Å². The highest BCUT2D eigenvalue weighted by Crippen LogP contribution is 2.28. The molecule has 2 atom stereocenters. The van der Waals surface area contributed by atoms with Crippen LogP contribution in [-0.2, 0) is 14.8 Å². The first kappa shape index (κ1) is 15.2. The van der Waals surface area contributed by atoms with Gasteiger partial charge in [-0.3, -0.25) is 4.79 Å². The Morgan fingerprint density at radius 3 is 2.65 bits per heavy atom. The molecule has 0 amide bonds. The molecule has 110 valence electrons. The Balaban J connectivity index is 2.43. The summed E-state index contributed by atoms with van der Waals surface area (Å²) in [6, 6.07) is 1.45. The second-order valence-electron chi connectivity index (χ2n) is 4.39. The maximum atomic E-state index is 13.1. The van der Waals surface area contributed by atoms with Crippen molar-refractivity contribution < 1.29 is 27.8 Å². The first-order valence-corrected chi connectivity index (χ1v) is 7.43. The highest BCUT2D eigenvalue weighted by atomic mass is 35.5. The summed E-state index contributed by atoms with van der Waals surface area (Å²) >= 11 is 5.53. The van der Waals surface area contributed by atoms with Crippen LogP contribution in [0, 0.1) is 5.82 Å². The van der Waals surface area contributed by atoms with Gasteiger partial charge in [-0.15, -0.1) is 0 Å². The van der Waals surface area contributed by atoms with E-state index in [2.05, 4.69) is 0 Å². The van der Waals surface area contributed by atoms with Gasteiger partial charge in [0.25, 0.3) is 0 Å². The number of hydrogen-bond acceptors (Lipinski definition) is 4. The van der Waals surface area contributed by atoms with Gasteiger partial charge in [0, 0.05) is 13.0 Å². The quantitative estimate of drug-likeness (QED) is 0.853. The minimum absolute atomic E-state index is 0.191. The van der Waals surface area contributed by atoms with Crippen molar-refractivity contribution in [1.29, 1.82) is 0 Å². The number of halogens is 2. The highest BCUT2D eigenvalue weighted by Gasteiger charge is 2.43. The van der Waals surface area contributed by atoms with Crippen LogP contribution in [0.3, 0.4) is 0 Å². The fraction of sp³-hybridized carbons (Fsp3) is 0.364. The van der Waals surface area contributed by atoms with Gasteiger partial charge in [-0.2, -0.15) is 4.31 Å². The topological polar surface area (TPSA) is 94.9 Å². The van der Waals surface area contributed by atoms with Gasteiger partial charge in [-0.1, -0.05) is 11.6 Å². The molecule has 0 unspecified atom stereocenters. The SMILES string of the molecule is O=C(O)[C@@H]1C[C@H](O)CN1S(=O)(=O)c1ccc(F)c(Cl)c1. The van der Waals surface area contributed by atoms with E-state index in [1.54, 1.807) is 0 Å². The number of hydrogen-bond donors (Lipinski definition) is 2. The molecule has 2 N–H and O–H groups in total. The minimum Gasteiger partial charge on any atom is -0.480 e. The lowest BCUT2D eigenvalue weighted by atomic mass is 10.2. The molecule has 0 spiro atoms. The zero-order valence-electron chi connectivity index (χ0n) is 10.0. The third-order valence-electron chi connectivity index (χ3n) is 3.02. The Bertz CT molecular complexity index is 650. The lowest BCUT2D eigenvalue weighted by molar-refractivity contribution is -0.140. The van der Waals surface area contributed by atoms with E-state index in [1.165, 1.54) is 0 Å². The van der Waals surface area contributed by atoms with E-state index in [1.807, 2.05) is 0 Å². The number of carboxylic acids is 1. The molecule has 1 fully saturated rings. The number of carboxylic acid groups (broad SMARTS) is 1. The molecule has 6 nitrogen and oxygen atoms in total. The molecule has 1 aliphatic heterocycles. The standard InChI is InChI=1S/C11H11ClFNO5S/c12-8-4-7(1-2-9(8)13)20(18,19)14-5-6(15)3-10(14)11(16)17/h1-2,4,6,10,15H,3,5H2,(H,16,17)/t6-,10-/m0/s1. The Hall–Kier alpha value is -1.22. The van der Waals surface area contributed by atoms with Crippen molar-refractivity contribution in [3.05, 3.63) is 29.0 Å². The van der Waals surface area contributed by atoms with Crippen molar-refractivity contribution >= 4 is 27.6 Å². The van der Waals surface area contributed by atoms with Crippen molar-refractivity contribution in [1.82, 2.24) is 4.31 Å². The monoisotopic (exact) mass is 323 g/mol. The summed E-state index contributed by atoms with van der Waals surface area (Å²) in [5, 5.41) is 18.1. The molecule has 0 aromatic heterocycles. The largest absolute Gasteiger partial charge is 0.480 e. The van der Waals surface area contributed by atoms with Gasteiger partial charge in [0.05, 0.1) is 16.0 Å². The van der Waals surface area contributed by atoms with Crippen molar-refractivity contribution in [2.45, 2.75) is 23.5 Å². The van der Waals surface area contributed by atoms with Crippen LogP contribution in [0.5, 0.6) is 0 Å². The first-order chi connectivity index (χ1) is 9.23. The number of aliphatic hydroxyl groups excluding tert-OH is 1. The lowest BCUT2D eigenvalue weighted by Gasteiger charge is -2.20. The molecule has 1 saturated heterocycles. The van der Waals surface area contributed by atoms with Crippen molar-refractivity contribution in [3.63, 3.8) is 0 Å². The van der Waals surface area contributed by atoms with E-state index >= 15 is 0 Å². The molecule has 1 aromatic rings. The van der Waals surface area contributed by atoms with Crippen LogP contribution >= 0.6 is 11.6 Å². The second-order valence-corrected chi connectivity index (χ2v) is 6.69. The predicted molar refractivity (Wildman–Crippen MR) is 67.3 cm³/mol. The second kappa shape index (κ2) is 5.28. The molecular weight excluding hydrogens is 313 g/mol. The number of β-amino-alcohol motifs (C(OH)–C–C–N with tert-alkyl or cyclic N) is 1. The third-order valence-corrected chi connectivity index (χ3v) is 5.18. The molecule has 20 heavy (non-hydrogen) atoms. The minimum atomic E-state index is -4.16. The predicted octanol–water partition coefficient (Wildman–Crippen LogP) is 0.688. The van der Waals surface area contributed by atoms with Crippen LogP contribution in [0.4, 0.5) is 4.39 Å². The van der Waals surface area contributed by atoms with Gasteiger partial charge < -0.3 is 10.2 Å². The molecule has 2 rings (SSSR count). The Morgan fingerprint density at radius 2 is 2.10 bits per heavy atom. The average molecular weight is 324 g/mol. The number of aliphatic carboxylic acids is 1. The van der Waals surface area contributed by atoms with Gasteiger partial charge in [-0.25, -0.2) is 12.8 Å². The Labute approximate surface area is 119 Å². The van der Waals surface area contributed by atoms with Gasteiger partial charge in [-0.05, 0) is 18.2 Å². The summed E-state index contributed by atoms with van der Waals surface area (Å²) in [5.74, 6) is -2.12. The molecule has 1 aromatic carbocycles. The third kappa shape index (κ3) is 2.64. The first-order valence-electron chi connectivity index (χ1n) is 5.61. The molecular formula is C11H11ClFNO5S. The van der Waals surface area contributed by atoms with Crippen molar-refractivity contribution in [3.8, 4) is 0 Å². The molecule has 0 radical (unpaired) electrons. The van der Waals surface area contributed by atoms with Crippen LogP contribution in [0.2, 0.25) is 5.02 Å². The number of aliphatic hydroxyl groups is 1. The van der Waals surface area contributed by atoms with Crippen LogP contribution in [-0.4, -0.2) is 47.6 Å². The smallest absolute Gasteiger partial charge is 0.322 e. The summed E-state index contributed by atoms with van der Waals surface area (Å²) in [6.45, 7) is -0.325. The summed E-state index contributed by atoms with van der Waals surface area (Å²) in [7, 11) is -4.16. The molecule has 1 aliphatic rings. The number of rotatable bonds is 3. The van der Waals surface area contributed by atoms with E-state index in [4.69, 9.17) is 16.7 Å². The van der Waals surface area contributed by atoms with Gasteiger partial charge >= 0.3 is 5.97 Å². The molecule has 0 saturated carbocycles. The highest BCUT2D eigenvalue weighted by molar-refractivity contribution is 7.89. The number of benzene rings is 1. The lowest BCUT2D eigenvalue weighted by Crippen LogP contribution is -2.40. The van der Waals surface area contributed by atoms with Crippen molar-refractivity contribution in [2.24, 2.45) is 0 Å². The van der Waals surface area contributed by atoms with E-state index in [0.29, 0.717) is 4.31 Å². The van der Waals surface area contributed by atoms with Gasteiger partial charge in [0.15, 0.2) is 0 Å². The molecule has 0 aliphatic carbocycles. The Morgan fingerprint density at radius 1 is 1.45 bits per heavy atom. The van der Waals surface area contributed by atoms with Gasteiger partial charge in [0.1, 0.15) is 11.9 Å². The number of sulfonamides is 1. The maximum Gasteiger partial charge on any atom is 0.322 e. The van der Waals surface area contributed by atoms with E-state index in [-0.39, 0.29) is 22.9 Å². The van der Waals surface area contributed by atoms with Crippen LogP contribution in [0.25, 0.3) is 0 Å². The molecule has 0 bridgehead atoms. The summed E-state index contributed by atoms with van der Waals surface area (Å²) < 4.78 is 38.4. The zero-order chi connectivity index (χ0) is 15.1. The van der Waals surface area contributed by atoms with Crippen LogP contribution in [0.1, 0.15) is 6.42 Å². The van der Waals surface area contributed by atoms with E-state index in [0.717, 1.165) is 18.2 Å². The number of carbonyl (C=O) groups is 1. The fourth-order valence-corrected chi connectivity index (χ4v) is 3.95. The summed E-state index contributed by atoms with van der Waals surface area (Å²) in [5.41, 5.74) is 0.